The number of hydrogen-bond donors (Lipinski definition) is 0. The topological polar surface area (TPSA) is 95.9 Å². The number of fused-ring (bicyclic) bond motifs is 5. The third-order valence-corrected chi connectivity index (χ3v) is 9.21. The number of unbranched alkanes of at least 4 members (excludes halogenated alkanes) is 1. The minimum absolute atomic E-state index is 0. The van der Waals surface area contributed by atoms with Gasteiger partial charge in [-0.25, -0.2) is 17.7 Å². The van der Waals surface area contributed by atoms with Crippen LogP contribution in [0, 0.1) is 5.92 Å². The summed E-state index contributed by atoms with van der Waals surface area (Å²) in [7, 11) is -3.58. The van der Waals surface area contributed by atoms with E-state index in [0.29, 0.717) is 11.6 Å². The lowest BCUT2D eigenvalue weighted by molar-refractivity contribution is -0.130. The largest absolute Gasteiger partial charge is 0.373 e. The van der Waals surface area contributed by atoms with Gasteiger partial charge in [0.2, 0.25) is 15.9 Å². The van der Waals surface area contributed by atoms with E-state index in [4.69, 9.17) is 16.3 Å². The molecular formula is C19H27Cl2N5O4S. The molecule has 5 rings (SSSR count). The minimum Gasteiger partial charge on any atom is -0.373 e. The Hall–Kier alpha value is -1.20. The summed E-state index contributed by atoms with van der Waals surface area (Å²) in [6.07, 6.45) is 5.84. The average Bonchev–Trinajstić information content (AvgIpc) is 3.40. The van der Waals surface area contributed by atoms with Gasteiger partial charge in [0.25, 0.3) is 0 Å². The fraction of sp³-hybridized carbons (Fsp3) is 0.737. The first-order chi connectivity index (χ1) is 14.4. The van der Waals surface area contributed by atoms with Gasteiger partial charge in [0, 0.05) is 32.7 Å². The Bertz CT molecular complexity index is 928. The number of nitrogens with zero attached hydrogens (tertiary/aromatic N) is 5. The van der Waals surface area contributed by atoms with Gasteiger partial charge in [0.15, 0.2) is 0 Å². The number of ether oxygens (including phenoxy) is 1. The third-order valence-electron chi connectivity index (χ3n) is 6.76. The van der Waals surface area contributed by atoms with Crippen molar-refractivity contribution in [1.82, 2.24) is 19.2 Å². The van der Waals surface area contributed by atoms with Gasteiger partial charge in [-0.1, -0.05) is 11.6 Å². The van der Waals surface area contributed by atoms with Crippen molar-refractivity contribution in [1.29, 1.82) is 0 Å². The molecular weight excluding hydrogens is 465 g/mol. The van der Waals surface area contributed by atoms with Crippen molar-refractivity contribution >= 4 is 45.8 Å². The minimum atomic E-state index is -3.58. The predicted molar refractivity (Wildman–Crippen MR) is 118 cm³/mol. The molecule has 0 N–H and O–H groups in total. The quantitative estimate of drug-likeness (QED) is 0.547. The van der Waals surface area contributed by atoms with Crippen molar-refractivity contribution < 1.29 is 17.9 Å². The third kappa shape index (κ3) is 4.13. The van der Waals surface area contributed by atoms with Crippen molar-refractivity contribution in [2.24, 2.45) is 5.92 Å². The highest BCUT2D eigenvalue weighted by atomic mass is 35.5. The van der Waals surface area contributed by atoms with E-state index >= 15 is 0 Å². The van der Waals surface area contributed by atoms with Gasteiger partial charge in [0.1, 0.15) is 16.2 Å². The number of carbonyl (C=O) groups is 1. The van der Waals surface area contributed by atoms with Crippen LogP contribution < -0.4 is 4.90 Å². The molecule has 31 heavy (non-hydrogen) atoms. The first kappa shape index (κ1) is 23.0. The molecule has 4 aliphatic heterocycles. The number of halogens is 2. The number of amides is 1. The van der Waals surface area contributed by atoms with Crippen LogP contribution in [-0.2, 0) is 19.6 Å². The Balaban J connectivity index is 0.00000231. The number of carbonyl (C=O) groups excluding carboxylic acids is 1. The molecule has 4 aliphatic rings. The number of hydrogen-bond acceptors (Lipinski definition) is 8. The number of anilines is 1. The lowest BCUT2D eigenvalue weighted by Crippen LogP contribution is -2.47. The lowest BCUT2D eigenvalue weighted by Gasteiger charge is -2.35. The SMILES string of the molecule is Cl.O=C1C2C3CCC(O3)C2S(=O)(=O)N1CCCCN1CCN(c2cncc(Cl)n2)CC1. The monoisotopic (exact) mass is 491 g/mol. The van der Waals surface area contributed by atoms with Crippen molar-refractivity contribution in [2.75, 3.05) is 44.2 Å². The van der Waals surface area contributed by atoms with Crippen LogP contribution in [0.15, 0.2) is 12.4 Å². The molecule has 0 radical (unpaired) electrons. The molecule has 1 amide bonds. The van der Waals surface area contributed by atoms with Gasteiger partial charge in [0.05, 0.1) is 30.5 Å². The summed E-state index contributed by atoms with van der Waals surface area (Å²) >= 11 is 5.92. The molecule has 2 bridgehead atoms. The lowest BCUT2D eigenvalue weighted by atomic mass is 9.88. The number of aromatic nitrogens is 2. The van der Waals surface area contributed by atoms with Crippen molar-refractivity contribution in [3.05, 3.63) is 17.5 Å². The Kier molecular flexibility index (Phi) is 6.65. The predicted octanol–water partition coefficient (Wildman–Crippen LogP) is 1.17. The molecule has 4 atom stereocenters. The van der Waals surface area contributed by atoms with Gasteiger partial charge in [-0.05, 0) is 32.2 Å². The van der Waals surface area contributed by atoms with Gasteiger partial charge in [-0.3, -0.25) is 14.7 Å². The first-order valence-electron chi connectivity index (χ1n) is 10.6. The summed E-state index contributed by atoms with van der Waals surface area (Å²) in [5.74, 6) is 0.0725. The van der Waals surface area contributed by atoms with Gasteiger partial charge in [-0.2, -0.15) is 0 Å². The zero-order valence-corrected chi connectivity index (χ0v) is 19.5. The highest BCUT2D eigenvalue weighted by molar-refractivity contribution is 7.90. The summed E-state index contributed by atoms with van der Waals surface area (Å²) in [4.78, 5) is 25.6. The summed E-state index contributed by atoms with van der Waals surface area (Å²) in [6, 6.07) is 0. The number of rotatable bonds is 6. The molecule has 0 aromatic carbocycles. The summed E-state index contributed by atoms with van der Waals surface area (Å²) < 4.78 is 32.5. The molecule has 172 valence electrons. The van der Waals surface area contributed by atoms with Crippen LogP contribution in [0.1, 0.15) is 25.7 Å². The van der Waals surface area contributed by atoms with Crippen molar-refractivity contribution in [3.8, 4) is 0 Å². The average molecular weight is 492 g/mol. The zero-order valence-electron chi connectivity index (χ0n) is 17.1. The van der Waals surface area contributed by atoms with Crippen molar-refractivity contribution in [3.63, 3.8) is 0 Å². The van der Waals surface area contributed by atoms with Gasteiger partial charge < -0.3 is 9.64 Å². The fourth-order valence-electron chi connectivity index (χ4n) is 5.27. The van der Waals surface area contributed by atoms with E-state index in [-0.39, 0.29) is 37.1 Å². The van der Waals surface area contributed by atoms with Crippen LogP contribution in [0.3, 0.4) is 0 Å². The van der Waals surface area contributed by atoms with E-state index in [1.807, 2.05) is 0 Å². The molecule has 1 aromatic rings. The van der Waals surface area contributed by atoms with Crippen LogP contribution >= 0.6 is 24.0 Å². The molecule has 0 saturated carbocycles. The maximum Gasteiger partial charge on any atom is 0.243 e. The van der Waals surface area contributed by atoms with E-state index in [0.717, 1.165) is 62.1 Å². The van der Waals surface area contributed by atoms with Crippen LogP contribution in [-0.4, -0.2) is 90.2 Å². The van der Waals surface area contributed by atoms with E-state index < -0.39 is 21.2 Å². The van der Waals surface area contributed by atoms with Crippen LogP contribution in [0.2, 0.25) is 5.15 Å². The zero-order chi connectivity index (χ0) is 20.9. The van der Waals surface area contributed by atoms with E-state index in [9.17, 15) is 13.2 Å². The van der Waals surface area contributed by atoms with Crippen LogP contribution in [0.5, 0.6) is 0 Å². The first-order valence-corrected chi connectivity index (χ1v) is 12.5. The standard InChI is InChI=1S/C19H26ClN5O4S.ClH/c20-15-11-21-12-16(22-15)24-9-7-23(8-10-24)5-1-2-6-25-19(26)17-13-3-4-14(29-13)18(17)30(25,27)28;/h11-14,17-18H,1-10H2;1H. The smallest absolute Gasteiger partial charge is 0.243 e. The Morgan fingerprint density at radius 1 is 1.06 bits per heavy atom. The summed E-state index contributed by atoms with van der Waals surface area (Å²) in [5, 5.41) is -0.253. The van der Waals surface area contributed by atoms with Crippen molar-refractivity contribution in [2.45, 2.75) is 43.1 Å². The van der Waals surface area contributed by atoms with Crippen LogP contribution in [0.4, 0.5) is 5.82 Å². The molecule has 5 heterocycles. The molecule has 12 heteroatoms. The Labute approximate surface area is 193 Å². The molecule has 0 aliphatic carbocycles. The summed E-state index contributed by atoms with van der Waals surface area (Å²) in [6.45, 7) is 4.67. The second kappa shape index (κ2) is 8.97. The highest BCUT2D eigenvalue weighted by Crippen LogP contribution is 2.48. The molecule has 0 spiro atoms. The van der Waals surface area contributed by atoms with Gasteiger partial charge in [-0.15, -0.1) is 12.4 Å². The van der Waals surface area contributed by atoms with E-state index in [2.05, 4.69) is 19.8 Å². The molecule has 9 nitrogen and oxygen atoms in total. The Morgan fingerprint density at radius 2 is 1.77 bits per heavy atom. The molecule has 4 saturated heterocycles. The number of piperazine rings is 1. The molecule has 1 aromatic heterocycles. The fourth-order valence-corrected chi connectivity index (χ4v) is 7.71. The Morgan fingerprint density at radius 3 is 2.48 bits per heavy atom. The van der Waals surface area contributed by atoms with E-state index in [1.54, 1.807) is 6.20 Å². The van der Waals surface area contributed by atoms with Gasteiger partial charge >= 0.3 is 0 Å². The molecule has 4 fully saturated rings. The van der Waals surface area contributed by atoms with Crippen LogP contribution in [0.25, 0.3) is 0 Å². The second-order valence-electron chi connectivity index (χ2n) is 8.47. The highest BCUT2D eigenvalue weighted by Gasteiger charge is 2.65. The van der Waals surface area contributed by atoms with E-state index in [1.165, 1.54) is 6.20 Å². The molecule has 4 unspecified atom stereocenters. The normalized spacial score (nSPS) is 31.7. The summed E-state index contributed by atoms with van der Waals surface area (Å²) in [5.41, 5.74) is 0. The maximum absolute atomic E-state index is 12.9. The maximum atomic E-state index is 12.9. The number of sulfonamides is 1. The second-order valence-corrected chi connectivity index (χ2v) is 10.9.